The zero-order valence-electron chi connectivity index (χ0n) is 14.1. The first kappa shape index (κ1) is 20.1. The lowest BCUT2D eigenvalue weighted by atomic mass is 10.1. The maximum absolute atomic E-state index is 9.57. The van der Waals surface area contributed by atoms with Crippen molar-refractivity contribution in [1.82, 2.24) is 19.6 Å². The van der Waals surface area contributed by atoms with E-state index in [2.05, 4.69) is 55.5 Å². The summed E-state index contributed by atoms with van der Waals surface area (Å²) < 4.78 is 2.56. The third-order valence-electron chi connectivity index (χ3n) is 3.96. The molecule has 0 saturated heterocycles. The Hall–Kier alpha value is -2.19. The van der Waals surface area contributed by atoms with E-state index in [0.717, 1.165) is 15.9 Å². The molecule has 0 saturated carbocycles. The maximum atomic E-state index is 9.57. The number of nitrogens with one attached hydrogen (secondary N) is 2. The summed E-state index contributed by atoms with van der Waals surface area (Å²) in [6.45, 7) is 4.78. The highest BCUT2D eigenvalue weighted by molar-refractivity contribution is 9.10. The fourth-order valence-electron chi connectivity index (χ4n) is 2.44. The molecular weight excluding hydrogens is 396 g/mol. The van der Waals surface area contributed by atoms with Crippen molar-refractivity contribution in [2.24, 2.45) is 5.92 Å². The summed E-state index contributed by atoms with van der Waals surface area (Å²) in [6, 6.07) is 5.75. The number of anilines is 2. The lowest BCUT2D eigenvalue weighted by Gasteiger charge is -2.21. The van der Waals surface area contributed by atoms with Gasteiger partial charge in [-0.25, -0.2) is 4.98 Å². The van der Waals surface area contributed by atoms with Gasteiger partial charge in [0.15, 0.2) is 5.65 Å². The first-order valence-corrected chi connectivity index (χ1v) is 8.92. The quantitative estimate of drug-likeness (QED) is 0.541. The van der Waals surface area contributed by atoms with E-state index >= 15 is 0 Å². The van der Waals surface area contributed by atoms with Crippen LogP contribution in [0.5, 0.6) is 0 Å². The van der Waals surface area contributed by atoms with E-state index in [9.17, 15) is 5.11 Å². The van der Waals surface area contributed by atoms with E-state index in [-0.39, 0.29) is 26.0 Å². The molecule has 0 amide bonds. The lowest BCUT2D eigenvalue weighted by molar-refractivity contribution is 0.249. The van der Waals surface area contributed by atoms with Gasteiger partial charge >= 0.3 is 0 Å². The van der Waals surface area contributed by atoms with Crippen LogP contribution < -0.4 is 10.6 Å². The molecule has 3 aromatic heterocycles. The summed E-state index contributed by atoms with van der Waals surface area (Å²) in [6.07, 6.45) is 5.29. The average Bonchev–Trinajstić information content (AvgIpc) is 2.99. The zero-order chi connectivity index (χ0) is 17.8. The largest absolute Gasteiger partial charge is 0.394 e. The highest BCUT2D eigenvalue weighted by Crippen LogP contribution is 2.23. The van der Waals surface area contributed by atoms with Crippen molar-refractivity contribution >= 4 is 33.2 Å². The first-order valence-electron chi connectivity index (χ1n) is 8.13. The molecule has 26 heavy (non-hydrogen) atoms. The number of fused-ring (bicyclic) bond motifs is 1. The Morgan fingerprint density at radius 3 is 2.77 bits per heavy atom. The molecule has 0 spiro atoms. The summed E-state index contributed by atoms with van der Waals surface area (Å²) in [7, 11) is 0. The van der Waals surface area contributed by atoms with Gasteiger partial charge in [0.2, 0.25) is 0 Å². The van der Waals surface area contributed by atoms with Crippen LogP contribution in [0.1, 0.15) is 26.8 Å². The highest BCUT2D eigenvalue weighted by Gasteiger charge is 2.15. The minimum atomic E-state index is -0.0668. The number of pyridine rings is 1. The fourth-order valence-corrected chi connectivity index (χ4v) is 2.79. The molecule has 1 atom stereocenters. The minimum absolute atomic E-state index is 0. The van der Waals surface area contributed by atoms with Crippen LogP contribution in [-0.2, 0) is 6.54 Å². The van der Waals surface area contributed by atoms with Gasteiger partial charge in [-0.05, 0) is 33.5 Å². The highest BCUT2D eigenvalue weighted by atomic mass is 79.9. The van der Waals surface area contributed by atoms with E-state index in [0.29, 0.717) is 18.0 Å². The Balaban J connectivity index is 0.00000243. The number of aliphatic hydroxyl groups excluding tert-OH is 1. The number of halogens is 1. The molecule has 0 unspecified atom stereocenters. The smallest absolute Gasteiger partial charge is 0.173 e. The number of hydrogen-bond donors (Lipinski definition) is 3. The van der Waals surface area contributed by atoms with E-state index < -0.39 is 0 Å². The van der Waals surface area contributed by atoms with Gasteiger partial charge < -0.3 is 15.7 Å². The van der Waals surface area contributed by atoms with Gasteiger partial charge in [-0.3, -0.25) is 4.98 Å². The molecule has 8 heteroatoms. The monoisotopic (exact) mass is 420 g/mol. The van der Waals surface area contributed by atoms with Gasteiger partial charge in [0.25, 0.3) is 0 Å². The predicted octanol–water partition coefficient (Wildman–Crippen LogP) is 3.56. The molecule has 0 aliphatic heterocycles. The standard InChI is InChI=1S/C17H21BrN6O.CH4/c1-11(2)14(10-25)22-15-6-16(20-8-12-4-3-5-19-7-12)24-17(23-15)13(18)9-21-24;/h3-7,9,11,14,20,25H,8,10H2,1-2H3,(H,22,23);1H4/t14-;/m0./s1. The van der Waals surface area contributed by atoms with Crippen molar-refractivity contribution in [1.29, 1.82) is 0 Å². The van der Waals surface area contributed by atoms with E-state index in [1.165, 1.54) is 0 Å². The van der Waals surface area contributed by atoms with Gasteiger partial charge in [-0.1, -0.05) is 27.3 Å². The minimum Gasteiger partial charge on any atom is -0.394 e. The van der Waals surface area contributed by atoms with Crippen molar-refractivity contribution in [3.8, 4) is 0 Å². The molecule has 3 heterocycles. The normalized spacial score (nSPS) is 12.0. The molecule has 140 valence electrons. The van der Waals surface area contributed by atoms with Crippen molar-refractivity contribution in [2.75, 3.05) is 17.2 Å². The Morgan fingerprint density at radius 1 is 1.31 bits per heavy atom. The maximum Gasteiger partial charge on any atom is 0.173 e. The molecule has 3 rings (SSSR count). The predicted molar refractivity (Wildman–Crippen MR) is 108 cm³/mol. The molecule has 3 N–H and O–H groups in total. The molecular formula is C18H25BrN6O. The van der Waals surface area contributed by atoms with Crippen molar-refractivity contribution < 1.29 is 5.11 Å². The van der Waals surface area contributed by atoms with Crippen LogP contribution in [0.4, 0.5) is 11.6 Å². The second kappa shape index (κ2) is 8.95. The number of aromatic nitrogens is 4. The molecule has 3 aromatic rings. The number of aliphatic hydroxyl groups is 1. The SMILES string of the molecule is C.CC(C)[C@H](CO)Nc1cc(NCc2cccnc2)n2ncc(Br)c2n1. The molecule has 0 aromatic carbocycles. The van der Waals surface area contributed by atoms with Crippen LogP contribution in [0.2, 0.25) is 0 Å². The van der Waals surface area contributed by atoms with E-state index in [4.69, 9.17) is 0 Å². The van der Waals surface area contributed by atoms with Crippen LogP contribution in [-0.4, -0.2) is 37.3 Å². The lowest BCUT2D eigenvalue weighted by Crippen LogP contribution is -2.30. The number of nitrogens with zero attached hydrogens (tertiary/aromatic N) is 4. The van der Waals surface area contributed by atoms with Crippen molar-refractivity contribution in [3.63, 3.8) is 0 Å². The van der Waals surface area contributed by atoms with Crippen molar-refractivity contribution in [2.45, 2.75) is 33.9 Å². The van der Waals surface area contributed by atoms with Gasteiger partial charge in [-0.15, -0.1) is 0 Å². The third kappa shape index (κ3) is 4.50. The van der Waals surface area contributed by atoms with Gasteiger partial charge in [0.1, 0.15) is 11.6 Å². The fraction of sp³-hybridized carbons (Fsp3) is 0.389. The molecule has 0 aliphatic rings. The second-order valence-corrected chi connectivity index (χ2v) is 7.00. The summed E-state index contributed by atoms with van der Waals surface area (Å²) in [4.78, 5) is 8.73. The van der Waals surface area contributed by atoms with Crippen LogP contribution in [0, 0.1) is 5.92 Å². The van der Waals surface area contributed by atoms with Gasteiger partial charge in [0, 0.05) is 25.0 Å². The summed E-state index contributed by atoms with van der Waals surface area (Å²) in [5.41, 5.74) is 1.78. The Morgan fingerprint density at radius 2 is 2.12 bits per heavy atom. The number of hydrogen-bond acceptors (Lipinski definition) is 6. The molecule has 0 aliphatic carbocycles. The van der Waals surface area contributed by atoms with Crippen LogP contribution >= 0.6 is 15.9 Å². The van der Waals surface area contributed by atoms with Crippen LogP contribution in [0.15, 0.2) is 41.3 Å². The van der Waals surface area contributed by atoms with E-state index in [1.807, 2.05) is 24.4 Å². The Kier molecular flexibility index (Phi) is 6.93. The number of rotatable bonds is 7. The summed E-state index contributed by atoms with van der Waals surface area (Å²) in [5, 5.41) is 20.6. The van der Waals surface area contributed by atoms with Crippen LogP contribution in [0.3, 0.4) is 0 Å². The average molecular weight is 421 g/mol. The molecule has 0 radical (unpaired) electrons. The summed E-state index contributed by atoms with van der Waals surface area (Å²) in [5.74, 6) is 1.78. The first-order chi connectivity index (χ1) is 12.1. The Labute approximate surface area is 162 Å². The zero-order valence-corrected chi connectivity index (χ0v) is 15.7. The molecule has 0 fully saturated rings. The third-order valence-corrected chi connectivity index (χ3v) is 4.52. The van der Waals surface area contributed by atoms with E-state index in [1.54, 1.807) is 16.9 Å². The van der Waals surface area contributed by atoms with Crippen molar-refractivity contribution in [3.05, 3.63) is 46.8 Å². The topological polar surface area (TPSA) is 87.4 Å². The molecule has 0 bridgehead atoms. The molecule has 7 nitrogen and oxygen atoms in total. The van der Waals surface area contributed by atoms with Gasteiger partial charge in [0.05, 0.1) is 23.3 Å². The second-order valence-electron chi connectivity index (χ2n) is 6.15. The summed E-state index contributed by atoms with van der Waals surface area (Å²) >= 11 is 3.48. The Bertz CT molecular complexity index is 836. The van der Waals surface area contributed by atoms with Gasteiger partial charge in [-0.2, -0.15) is 9.61 Å². The van der Waals surface area contributed by atoms with Crippen LogP contribution in [0.25, 0.3) is 5.65 Å².